The number of imidazole rings is 1. The fourth-order valence-corrected chi connectivity index (χ4v) is 5.71. The van der Waals surface area contributed by atoms with Crippen molar-refractivity contribution in [1.82, 2.24) is 9.55 Å². The molecule has 0 saturated heterocycles. The van der Waals surface area contributed by atoms with Gasteiger partial charge in [-0.05, 0) is 53.1 Å². The minimum Gasteiger partial charge on any atom is -0.455 e. The summed E-state index contributed by atoms with van der Waals surface area (Å²) >= 11 is 0. The summed E-state index contributed by atoms with van der Waals surface area (Å²) in [5, 5.41) is 2.26. The maximum atomic E-state index is 6.35. The van der Waals surface area contributed by atoms with Crippen LogP contribution in [0.3, 0.4) is 0 Å². The highest BCUT2D eigenvalue weighted by Crippen LogP contribution is 2.37. The fourth-order valence-electron chi connectivity index (χ4n) is 5.71. The molecule has 0 radical (unpaired) electrons. The first-order valence-electron chi connectivity index (χ1n) is 13.5. The van der Waals surface area contributed by atoms with Crippen molar-refractivity contribution in [1.29, 1.82) is 0 Å². The van der Waals surface area contributed by atoms with Gasteiger partial charge in [0.05, 0.1) is 11.0 Å². The molecule has 0 aliphatic heterocycles. The van der Waals surface area contributed by atoms with E-state index in [1.54, 1.807) is 0 Å². The van der Waals surface area contributed by atoms with Crippen molar-refractivity contribution in [3.8, 4) is 39.3 Å². The molecule has 3 nitrogen and oxygen atoms in total. The summed E-state index contributed by atoms with van der Waals surface area (Å²) in [4.78, 5) is 5.11. The first-order chi connectivity index (χ1) is 19.8. The van der Waals surface area contributed by atoms with E-state index in [2.05, 4.69) is 126 Å². The molecule has 0 bridgehead atoms. The molecule has 0 aliphatic carbocycles. The van der Waals surface area contributed by atoms with Crippen LogP contribution in [-0.4, -0.2) is 9.55 Å². The van der Waals surface area contributed by atoms with Crippen molar-refractivity contribution < 1.29 is 4.42 Å². The number of fused-ring (bicyclic) bond motifs is 4. The van der Waals surface area contributed by atoms with Crippen LogP contribution in [0.5, 0.6) is 0 Å². The highest BCUT2D eigenvalue weighted by atomic mass is 16.3. The second kappa shape index (κ2) is 9.11. The van der Waals surface area contributed by atoms with E-state index in [-0.39, 0.29) is 0 Å². The molecule has 2 heterocycles. The number of para-hydroxylation sites is 4. The number of aromatic nitrogens is 2. The number of furan rings is 1. The van der Waals surface area contributed by atoms with Crippen molar-refractivity contribution in [3.05, 3.63) is 146 Å². The molecule has 0 spiro atoms. The molecule has 40 heavy (non-hydrogen) atoms. The maximum Gasteiger partial charge on any atom is 0.145 e. The van der Waals surface area contributed by atoms with Gasteiger partial charge in [0.15, 0.2) is 0 Å². The number of benzene rings is 6. The summed E-state index contributed by atoms with van der Waals surface area (Å²) in [5.41, 5.74) is 10.6. The Hall–Kier alpha value is -5.41. The average molecular weight is 513 g/mol. The summed E-state index contributed by atoms with van der Waals surface area (Å²) in [6, 6.07) is 50.7. The van der Waals surface area contributed by atoms with Crippen LogP contribution < -0.4 is 0 Å². The molecule has 0 fully saturated rings. The zero-order valence-electron chi connectivity index (χ0n) is 21.7. The fraction of sp³-hybridized carbons (Fsp3) is 0. The van der Waals surface area contributed by atoms with Crippen LogP contribution in [0.2, 0.25) is 0 Å². The van der Waals surface area contributed by atoms with E-state index in [0.29, 0.717) is 0 Å². The molecule has 8 rings (SSSR count). The summed E-state index contributed by atoms with van der Waals surface area (Å²) in [6.45, 7) is 0. The van der Waals surface area contributed by atoms with Crippen molar-refractivity contribution in [2.45, 2.75) is 0 Å². The summed E-state index contributed by atoms with van der Waals surface area (Å²) in [5.74, 6) is 0.910. The molecular weight excluding hydrogens is 488 g/mol. The Morgan fingerprint density at radius 2 is 1.18 bits per heavy atom. The van der Waals surface area contributed by atoms with Crippen LogP contribution in [0.15, 0.2) is 150 Å². The van der Waals surface area contributed by atoms with Crippen molar-refractivity contribution >= 4 is 33.0 Å². The van der Waals surface area contributed by atoms with Crippen LogP contribution in [0.4, 0.5) is 0 Å². The van der Waals surface area contributed by atoms with E-state index in [0.717, 1.165) is 61.2 Å². The Balaban J connectivity index is 1.29. The molecule has 0 aliphatic rings. The third-order valence-electron chi connectivity index (χ3n) is 7.63. The zero-order chi connectivity index (χ0) is 26.5. The van der Waals surface area contributed by atoms with Gasteiger partial charge >= 0.3 is 0 Å². The number of hydrogen-bond donors (Lipinski definition) is 0. The molecule has 0 saturated carbocycles. The second-order valence-electron chi connectivity index (χ2n) is 10.0. The molecule has 2 aromatic heterocycles. The molecule has 0 atom stereocenters. The molecule has 0 N–H and O–H groups in total. The van der Waals surface area contributed by atoms with E-state index in [4.69, 9.17) is 9.40 Å². The lowest BCUT2D eigenvalue weighted by molar-refractivity contribution is 0.670. The standard InChI is InChI=1S/C37H24N2O/c1-2-10-25(11-3-1)26-20-22-29(23-21-26)39-34-18-6-5-17-33(34)38-37(39)28-13-8-12-27(24-28)30-15-9-16-32-31-14-4-7-19-35(31)40-36(30)32/h1-24H. The Labute approximate surface area is 231 Å². The number of nitrogens with zero attached hydrogens (tertiary/aromatic N) is 2. The van der Waals surface area contributed by atoms with Gasteiger partial charge in [-0.25, -0.2) is 4.98 Å². The average Bonchev–Trinajstić information content (AvgIpc) is 3.61. The van der Waals surface area contributed by atoms with E-state index in [9.17, 15) is 0 Å². The smallest absolute Gasteiger partial charge is 0.145 e. The van der Waals surface area contributed by atoms with Gasteiger partial charge in [-0.3, -0.25) is 4.57 Å². The normalized spacial score (nSPS) is 11.5. The van der Waals surface area contributed by atoms with Gasteiger partial charge in [0, 0.05) is 27.6 Å². The van der Waals surface area contributed by atoms with Crippen molar-refractivity contribution in [2.75, 3.05) is 0 Å². The SMILES string of the molecule is c1ccc(-c2ccc(-n3c(-c4cccc(-c5cccc6c5oc5ccccc56)c4)nc4ccccc43)cc2)cc1. The van der Waals surface area contributed by atoms with Crippen LogP contribution in [0.1, 0.15) is 0 Å². The third-order valence-corrected chi connectivity index (χ3v) is 7.63. The quantitative estimate of drug-likeness (QED) is 0.235. The Morgan fingerprint density at radius 1 is 0.500 bits per heavy atom. The Morgan fingerprint density at radius 3 is 2.08 bits per heavy atom. The lowest BCUT2D eigenvalue weighted by atomic mass is 10.00. The first kappa shape index (κ1) is 22.6. The summed E-state index contributed by atoms with van der Waals surface area (Å²) < 4.78 is 8.61. The van der Waals surface area contributed by atoms with Crippen LogP contribution in [-0.2, 0) is 0 Å². The maximum absolute atomic E-state index is 6.35. The van der Waals surface area contributed by atoms with Gasteiger partial charge in [-0.15, -0.1) is 0 Å². The van der Waals surface area contributed by atoms with Crippen LogP contribution >= 0.6 is 0 Å². The van der Waals surface area contributed by atoms with E-state index in [1.807, 2.05) is 24.3 Å². The highest BCUT2D eigenvalue weighted by Gasteiger charge is 2.17. The van der Waals surface area contributed by atoms with Crippen LogP contribution in [0, 0.1) is 0 Å². The van der Waals surface area contributed by atoms with Gasteiger partial charge < -0.3 is 4.42 Å². The minimum atomic E-state index is 0.904. The van der Waals surface area contributed by atoms with Crippen molar-refractivity contribution in [2.24, 2.45) is 0 Å². The molecule has 0 unspecified atom stereocenters. The molecular formula is C37H24N2O. The van der Waals surface area contributed by atoms with Gasteiger partial charge in [-0.2, -0.15) is 0 Å². The lowest BCUT2D eigenvalue weighted by Gasteiger charge is -2.12. The summed E-state index contributed by atoms with van der Waals surface area (Å²) in [7, 11) is 0. The summed E-state index contributed by atoms with van der Waals surface area (Å²) in [6.07, 6.45) is 0. The molecule has 6 aromatic carbocycles. The Kier molecular flexibility index (Phi) is 5.14. The van der Waals surface area contributed by atoms with Gasteiger partial charge in [0.25, 0.3) is 0 Å². The predicted octanol–water partition coefficient (Wildman–Crippen LogP) is 9.93. The minimum absolute atomic E-state index is 0.904. The van der Waals surface area contributed by atoms with Gasteiger partial charge in [-0.1, -0.05) is 109 Å². The van der Waals surface area contributed by atoms with Crippen molar-refractivity contribution in [3.63, 3.8) is 0 Å². The number of rotatable bonds is 4. The lowest BCUT2D eigenvalue weighted by Crippen LogP contribution is -1.98. The highest BCUT2D eigenvalue weighted by molar-refractivity contribution is 6.09. The molecule has 188 valence electrons. The van der Waals surface area contributed by atoms with E-state index < -0.39 is 0 Å². The van der Waals surface area contributed by atoms with Gasteiger partial charge in [0.1, 0.15) is 17.0 Å². The van der Waals surface area contributed by atoms with E-state index >= 15 is 0 Å². The van der Waals surface area contributed by atoms with Gasteiger partial charge in [0.2, 0.25) is 0 Å². The second-order valence-corrected chi connectivity index (χ2v) is 10.0. The topological polar surface area (TPSA) is 31.0 Å². The van der Waals surface area contributed by atoms with Crippen LogP contribution in [0.25, 0.3) is 72.3 Å². The molecule has 3 heteroatoms. The largest absolute Gasteiger partial charge is 0.455 e. The molecule has 0 amide bonds. The monoisotopic (exact) mass is 512 g/mol. The first-order valence-corrected chi connectivity index (χ1v) is 13.5. The van der Waals surface area contributed by atoms with E-state index in [1.165, 1.54) is 11.1 Å². The predicted molar refractivity (Wildman–Crippen MR) is 165 cm³/mol. The zero-order valence-corrected chi connectivity index (χ0v) is 21.7. The Bertz CT molecular complexity index is 2150. The number of hydrogen-bond acceptors (Lipinski definition) is 2. The molecule has 8 aromatic rings. The third kappa shape index (κ3) is 3.63.